The Balaban J connectivity index is 1.56. The van der Waals surface area contributed by atoms with Crippen molar-refractivity contribution >= 4 is 28.7 Å². The van der Waals surface area contributed by atoms with Crippen molar-refractivity contribution in [2.45, 2.75) is 13.5 Å². The molecular formula is C18H17N3OS. The monoisotopic (exact) mass is 323 g/mol. The minimum Gasteiger partial charge on any atom is -0.366 e. The molecule has 0 saturated carbocycles. The maximum absolute atomic E-state index is 12.0. The fraction of sp³-hybridized carbons (Fsp3) is 0.111. The maximum Gasteiger partial charge on any atom is 0.265 e. The normalized spacial score (nSPS) is 10.3. The smallest absolute Gasteiger partial charge is 0.265 e. The van der Waals surface area contributed by atoms with Crippen LogP contribution in [0.2, 0.25) is 0 Å². The molecule has 3 rings (SSSR count). The summed E-state index contributed by atoms with van der Waals surface area (Å²) in [6.45, 7) is 2.79. The van der Waals surface area contributed by atoms with Crippen molar-refractivity contribution in [1.82, 2.24) is 4.98 Å². The van der Waals surface area contributed by atoms with Gasteiger partial charge in [0, 0.05) is 6.54 Å². The minimum atomic E-state index is -0.109. The van der Waals surface area contributed by atoms with E-state index in [0.717, 1.165) is 5.82 Å². The van der Waals surface area contributed by atoms with Gasteiger partial charge in [0.1, 0.15) is 5.82 Å². The Morgan fingerprint density at radius 2 is 1.96 bits per heavy atom. The lowest BCUT2D eigenvalue weighted by Gasteiger charge is -2.08. The van der Waals surface area contributed by atoms with Gasteiger partial charge in [-0.2, -0.15) is 0 Å². The van der Waals surface area contributed by atoms with Crippen molar-refractivity contribution in [3.63, 3.8) is 0 Å². The first-order chi connectivity index (χ1) is 11.2. The fourth-order valence-electron chi connectivity index (χ4n) is 2.07. The highest BCUT2D eigenvalue weighted by molar-refractivity contribution is 7.12. The molecule has 0 aliphatic rings. The molecule has 0 atom stereocenters. The summed E-state index contributed by atoms with van der Waals surface area (Å²) in [5, 5.41) is 7.98. The predicted octanol–water partition coefficient (Wildman–Crippen LogP) is 4.32. The van der Waals surface area contributed by atoms with Crippen LogP contribution >= 0.6 is 11.3 Å². The SMILES string of the molecule is Cc1ccc(CNc2ccc(NC(=O)c3cccs3)cn2)cc1. The molecule has 23 heavy (non-hydrogen) atoms. The van der Waals surface area contributed by atoms with E-state index in [1.807, 2.05) is 23.6 Å². The number of hydrogen-bond donors (Lipinski definition) is 2. The van der Waals surface area contributed by atoms with Gasteiger partial charge in [0.2, 0.25) is 0 Å². The number of pyridine rings is 1. The predicted molar refractivity (Wildman–Crippen MR) is 95.0 cm³/mol. The molecule has 2 heterocycles. The van der Waals surface area contributed by atoms with Gasteiger partial charge in [-0.3, -0.25) is 4.79 Å². The average molecular weight is 323 g/mol. The molecule has 2 N–H and O–H groups in total. The van der Waals surface area contributed by atoms with E-state index in [0.29, 0.717) is 17.1 Å². The zero-order valence-corrected chi connectivity index (χ0v) is 13.6. The summed E-state index contributed by atoms with van der Waals surface area (Å²) in [5.74, 6) is 0.668. The number of carbonyl (C=O) groups is 1. The number of aromatic nitrogens is 1. The Kier molecular flexibility index (Phi) is 4.68. The van der Waals surface area contributed by atoms with Crippen LogP contribution in [-0.2, 0) is 6.54 Å². The van der Waals surface area contributed by atoms with E-state index in [4.69, 9.17) is 0 Å². The van der Waals surface area contributed by atoms with Gasteiger partial charge in [0.25, 0.3) is 5.91 Å². The third-order valence-electron chi connectivity index (χ3n) is 3.36. The summed E-state index contributed by atoms with van der Waals surface area (Å²) in [6.07, 6.45) is 1.66. The number of aryl methyl sites for hydroxylation is 1. The molecule has 0 bridgehead atoms. The van der Waals surface area contributed by atoms with Crippen molar-refractivity contribution in [3.05, 3.63) is 76.1 Å². The Morgan fingerprint density at radius 1 is 1.13 bits per heavy atom. The molecule has 0 unspecified atom stereocenters. The van der Waals surface area contributed by atoms with Crippen LogP contribution in [0, 0.1) is 6.92 Å². The Bertz CT molecular complexity index is 765. The van der Waals surface area contributed by atoms with Crippen molar-refractivity contribution < 1.29 is 4.79 Å². The standard InChI is InChI=1S/C18H17N3OS/c1-13-4-6-14(7-5-13)11-19-17-9-8-15(12-20-17)21-18(22)16-3-2-10-23-16/h2-10,12H,11H2,1H3,(H,19,20)(H,21,22). The second-order valence-electron chi connectivity index (χ2n) is 5.20. The third-order valence-corrected chi connectivity index (χ3v) is 4.23. The van der Waals surface area contributed by atoms with Crippen LogP contribution in [0.1, 0.15) is 20.8 Å². The molecule has 2 aromatic heterocycles. The van der Waals surface area contributed by atoms with Gasteiger partial charge in [0.05, 0.1) is 16.8 Å². The molecule has 0 aliphatic heterocycles. The van der Waals surface area contributed by atoms with E-state index in [1.54, 1.807) is 12.3 Å². The molecule has 3 aromatic rings. The van der Waals surface area contributed by atoms with E-state index in [-0.39, 0.29) is 5.91 Å². The van der Waals surface area contributed by atoms with Crippen LogP contribution in [0.5, 0.6) is 0 Å². The minimum absolute atomic E-state index is 0.109. The van der Waals surface area contributed by atoms with Gasteiger partial charge in [-0.05, 0) is 36.1 Å². The highest BCUT2D eigenvalue weighted by Crippen LogP contribution is 2.14. The van der Waals surface area contributed by atoms with E-state index in [2.05, 4.69) is 46.8 Å². The lowest BCUT2D eigenvalue weighted by atomic mass is 10.1. The molecule has 1 amide bonds. The van der Waals surface area contributed by atoms with Crippen molar-refractivity contribution in [3.8, 4) is 0 Å². The van der Waals surface area contributed by atoms with Crippen LogP contribution < -0.4 is 10.6 Å². The lowest BCUT2D eigenvalue weighted by Crippen LogP contribution is -2.10. The summed E-state index contributed by atoms with van der Waals surface area (Å²) in [5.41, 5.74) is 3.13. The molecule has 5 heteroatoms. The van der Waals surface area contributed by atoms with Crippen molar-refractivity contribution in [1.29, 1.82) is 0 Å². The van der Waals surface area contributed by atoms with Crippen LogP contribution in [0.4, 0.5) is 11.5 Å². The number of benzene rings is 1. The number of hydrogen-bond acceptors (Lipinski definition) is 4. The highest BCUT2D eigenvalue weighted by Gasteiger charge is 2.06. The third kappa shape index (κ3) is 4.17. The van der Waals surface area contributed by atoms with Gasteiger partial charge in [0.15, 0.2) is 0 Å². The second kappa shape index (κ2) is 7.07. The largest absolute Gasteiger partial charge is 0.366 e. The number of carbonyl (C=O) groups excluding carboxylic acids is 1. The van der Waals surface area contributed by atoms with Crippen molar-refractivity contribution in [2.24, 2.45) is 0 Å². The molecule has 0 saturated heterocycles. The number of amides is 1. The molecule has 0 spiro atoms. The van der Waals surface area contributed by atoms with Gasteiger partial charge in [-0.15, -0.1) is 11.3 Å². The van der Waals surface area contributed by atoms with Gasteiger partial charge >= 0.3 is 0 Å². The topological polar surface area (TPSA) is 54.0 Å². The molecule has 116 valence electrons. The Labute approximate surface area is 139 Å². The summed E-state index contributed by atoms with van der Waals surface area (Å²) in [6, 6.07) is 15.7. The van der Waals surface area contributed by atoms with E-state index in [9.17, 15) is 4.79 Å². The van der Waals surface area contributed by atoms with E-state index in [1.165, 1.54) is 22.5 Å². The van der Waals surface area contributed by atoms with Crippen LogP contribution in [-0.4, -0.2) is 10.9 Å². The molecule has 4 nitrogen and oxygen atoms in total. The first-order valence-corrected chi connectivity index (χ1v) is 8.19. The molecule has 0 aliphatic carbocycles. The van der Waals surface area contributed by atoms with Gasteiger partial charge in [-0.1, -0.05) is 35.9 Å². The zero-order valence-electron chi connectivity index (χ0n) is 12.7. The van der Waals surface area contributed by atoms with Gasteiger partial charge < -0.3 is 10.6 Å². The number of nitrogens with one attached hydrogen (secondary N) is 2. The Hall–Kier alpha value is -2.66. The molecule has 1 aromatic carbocycles. The number of anilines is 2. The second-order valence-corrected chi connectivity index (χ2v) is 6.15. The van der Waals surface area contributed by atoms with Crippen molar-refractivity contribution in [2.75, 3.05) is 10.6 Å². The first-order valence-electron chi connectivity index (χ1n) is 7.31. The summed E-state index contributed by atoms with van der Waals surface area (Å²) in [7, 11) is 0. The van der Waals surface area contributed by atoms with Gasteiger partial charge in [-0.25, -0.2) is 4.98 Å². The lowest BCUT2D eigenvalue weighted by molar-refractivity contribution is 0.103. The van der Waals surface area contributed by atoms with Crippen LogP contribution in [0.25, 0.3) is 0 Å². The van der Waals surface area contributed by atoms with Crippen LogP contribution in [0.15, 0.2) is 60.1 Å². The highest BCUT2D eigenvalue weighted by atomic mass is 32.1. The van der Waals surface area contributed by atoms with E-state index < -0.39 is 0 Å². The molecule has 0 radical (unpaired) electrons. The quantitative estimate of drug-likeness (QED) is 0.735. The Morgan fingerprint density at radius 3 is 2.61 bits per heavy atom. The number of rotatable bonds is 5. The van der Waals surface area contributed by atoms with Crippen LogP contribution in [0.3, 0.4) is 0 Å². The first kappa shape index (κ1) is 15.2. The summed E-state index contributed by atoms with van der Waals surface area (Å²) >= 11 is 1.42. The number of nitrogens with zero attached hydrogens (tertiary/aromatic N) is 1. The molecular weight excluding hydrogens is 306 g/mol. The fourth-order valence-corrected chi connectivity index (χ4v) is 2.69. The zero-order chi connectivity index (χ0) is 16.1. The molecule has 0 fully saturated rings. The average Bonchev–Trinajstić information content (AvgIpc) is 3.10. The van der Waals surface area contributed by atoms with E-state index >= 15 is 0 Å². The summed E-state index contributed by atoms with van der Waals surface area (Å²) in [4.78, 5) is 17.0. The maximum atomic E-state index is 12.0. The summed E-state index contributed by atoms with van der Waals surface area (Å²) < 4.78 is 0. The number of thiophene rings is 1.